The van der Waals surface area contributed by atoms with Gasteiger partial charge in [-0.25, -0.2) is 0 Å². The number of nitrogens with one attached hydrogen (secondary N) is 1. The topological polar surface area (TPSA) is 21.3 Å². The van der Waals surface area contributed by atoms with Crippen LogP contribution < -0.4 is 10.1 Å². The maximum absolute atomic E-state index is 5.81. The second-order valence-electron chi connectivity index (χ2n) is 5.78. The Hall–Kier alpha value is -0.670. The van der Waals surface area contributed by atoms with Crippen molar-refractivity contribution in [1.82, 2.24) is 5.32 Å². The minimum atomic E-state index is 0.442. The summed E-state index contributed by atoms with van der Waals surface area (Å²) in [6, 6.07) is 9.11. The van der Waals surface area contributed by atoms with E-state index in [0.29, 0.717) is 17.4 Å². The van der Waals surface area contributed by atoms with Crippen LogP contribution in [0.1, 0.15) is 51.6 Å². The zero-order valence-electron chi connectivity index (χ0n) is 12.9. The molecule has 0 amide bonds. The molecule has 1 atom stereocenters. The molecule has 112 valence electrons. The first-order valence-corrected chi connectivity index (χ1v) is 8.85. The quantitative estimate of drug-likeness (QED) is 0.728. The van der Waals surface area contributed by atoms with Gasteiger partial charge >= 0.3 is 0 Å². The molecular weight excluding hydrogens is 266 g/mol. The number of ether oxygens (including phenoxy) is 1. The van der Waals surface area contributed by atoms with Crippen LogP contribution in [-0.4, -0.2) is 23.7 Å². The fourth-order valence-corrected chi connectivity index (χ4v) is 2.92. The predicted octanol–water partition coefficient (Wildman–Crippen LogP) is 4.41. The smallest absolute Gasteiger partial charge is 0.119 e. The highest BCUT2D eigenvalue weighted by atomic mass is 32.2. The van der Waals surface area contributed by atoms with E-state index in [9.17, 15) is 0 Å². The van der Waals surface area contributed by atoms with Crippen LogP contribution in [0, 0.1) is 0 Å². The van der Waals surface area contributed by atoms with Crippen molar-refractivity contribution in [2.24, 2.45) is 0 Å². The first-order chi connectivity index (χ1) is 9.69. The fourth-order valence-electron chi connectivity index (χ4n) is 2.04. The maximum Gasteiger partial charge on any atom is 0.119 e. The highest BCUT2D eigenvalue weighted by molar-refractivity contribution is 7.99. The van der Waals surface area contributed by atoms with E-state index in [0.717, 1.165) is 18.0 Å². The molecule has 0 spiro atoms. The van der Waals surface area contributed by atoms with Crippen LogP contribution in [0.4, 0.5) is 0 Å². The number of thioether (sulfide) groups is 1. The fraction of sp³-hybridized carbons (Fsp3) is 0.647. The Kier molecular flexibility index (Phi) is 6.24. The van der Waals surface area contributed by atoms with Crippen molar-refractivity contribution in [2.45, 2.75) is 57.4 Å². The number of rotatable bonds is 9. The first kappa shape index (κ1) is 15.7. The molecule has 1 fully saturated rings. The van der Waals surface area contributed by atoms with E-state index in [4.69, 9.17) is 4.74 Å². The van der Waals surface area contributed by atoms with E-state index in [2.05, 4.69) is 50.4 Å². The van der Waals surface area contributed by atoms with Crippen LogP contribution >= 0.6 is 11.8 Å². The molecule has 0 aliphatic heterocycles. The van der Waals surface area contributed by atoms with E-state index in [1.807, 2.05) is 11.8 Å². The second kappa shape index (κ2) is 7.94. The molecule has 0 radical (unpaired) electrons. The molecule has 1 unspecified atom stereocenters. The lowest BCUT2D eigenvalue weighted by atomic mass is 10.1. The Bertz CT molecular complexity index is 386. The monoisotopic (exact) mass is 293 g/mol. The van der Waals surface area contributed by atoms with Gasteiger partial charge in [0.2, 0.25) is 0 Å². The molecule has 3 heteroatoms. The molecule has 1 aromatic carbocycles. The highest BCUT2D eigenvalue weighted by Gasteiger charge is 2.23. The molecule has 1 saturated carbocycles. The van der Waals surface area contributed by atoms with Crippen molar-refractivity contribution in [3.63, 3.8) is 0 Å². The molecule has 0 aromatic heterocycles. The summed E-state index contributed by atoms with van der Waals surface area (Å²) < 4.78 is 5.81. The predicted molar refractivity (Wildman–Crippen MR) is 88.7 cm³/mol. The molecule has 2 rings (SSSR count). The van der Waals surface area contributed by atoms with Crippen LogP contribution in [0.25, 0.3) is 0 Å². The van der Waals surface area contributed by atoms with Crippen molar-refractivity contribution >= 4 is 11.8 Å². The van der Waals surface area contributed by atoms with Crippen LogP contribution in [-0.2, 0) is 0 Å². The summed E-state index contributed by atoms with van der Waals surface area (Å²) in [5.41, 5.74) is 1.37. The van der Waals surface area contributed by atoms with E-state index in [-0.39, 0.29) is 0 Å². The summed E-state index contributed by atoms with van der Waals surface area (Å²) in [7, 11) is 0. The molecule has 2 nitrogen and oxygen atoms in total. The van der Waals surface area contributed by atoms with E-state index in [1.165, 1.54) is 24.8 Å². The van der Waals surface area contributed by atoms with Crippen LogP contribution in [0.2, 0.25) is 0 Å². The van der Waals surface area contributed by atoms with Gasteiger partial charge in [0.15, 0.2) is 0 Å². The van der Waals surface area contributed by atoms with Gasteiger partial charge in [-0.05, 0) is 48.8 Å². The number of benzene rings is 1. The van der Waals surface area contributed by atoms with E-state index in [1.54, 1.807) is 0 Å². The third-order valence-corrected chi connectivity index (χ3v) is 4.54. The van der Waals surface area contributed by atoms with Crippen molar-refractivity contribution in [3.8, 4) is 5.75 Å². The Morgan fingerprint density at radius 2 is 1.95 bits per heavy atom. The molecular formula is C17H27NOS. The maximum atomic E-state index is 5.81. The highest BCUT2D eigenvalue weighted by Crippen LogP contribution is 2.28. The summed E-state index contributed by atoms with van der Waals surface area (Å²) >= 11 is 2.02. The molecule has 0 bridgehead atoms. The zero-order valence-corrected chi connectivity index (χ0v) is 13.7. The summed E-state index contributed by atoms with van der Waals surface area (Å²) in [6.07, 6.45) is 4.08. The van der Waals surface area contributed by atoms with Gasteiger partial charge in [0.05, 0.1) is 6.10 Å². The number of hydrogen-bond donors (Lipinski definition) is 1. The Balaban J connectivity index is 1.94. The van der Waals surface area contributed by atoms with Gasteiger partial charge in [-0.15, -0.1) is 0 Å². The molecule has 1 N–H and O–H groups in total. The molecule has 1 aliphatic carbocycles. The van der Waals surface area contributed by atoms with Crippen molar-refractivity contribution in [3.05, 3.63) is 29.8 Å². The standard InChI is InChI=1S/C17H27NOS/c1-4-11-18-17(12-20-13(2)3)14-5-7-15(8-6-14)19-16-9-10-16/h5-8,13,16-18H,4,9-12H2,1-3H3. The molecule has 20 heavy (non-hydrogen) atoms. The average Bonchev–Trinajstić information content (AvgIpc) is 3.24. The van der Waals surface area contributed by atoms with Gasteiger partial charge < -0.3 is 10.1 Å². The minimum absolute atomic E-state index is 0.442. The molecule has 1 aromatic rings. The van der Waals surface area contributed by atoms with Crippen LogP contribution in [0.5, 0.6) is 5.75 Å². The van der Waals surface area contributed by atoms with E-state index < -0.39 is 0 Å². The third-order valence-electron chi connectivity index (χ3n) is 3.35. The van der Waals surface area contributed by atoms with Crippen molar-refractivity contribution in [2.75, 3.05) is 12.3 Å². The van der Waals surface area contributed by atoms with Gasteiger partial charge in [-0.3, -0.25) is 0 Å². The van der Waals surface area contributed by atoms with Gasteiger partial charge in [0, 0.05) is 11.8 Å². The SMILES string of the molecule is CCCNC(CSC(C)C)c1ccc(OC2CC2)cc1. The Morgan fingerprint density at radius 1 is 1.25 bits per heavy atom. The summed E-state index contributed by atoms with van der Waals surface area (Å²) in [6.45, 7) is 7.80. The van der Waals surface area contributed by atoms with Gasteiger partial charge in [-0.1, -0.05) is 32.9 Å². The lowest BCUT2D eigenvalue weighted by Gasteiger charge is -2.20. The lowest BCUT2D eigenvalue weighted by Crippen LogP contribution is -2.24. The normalized spacial score (nSPS) is 16.4. The summed E-state index contributed by atoms with van der Waals surface area (Å²) in [5, 5.41) is 4.33. The average molecular weight is 293 g/mol. The number of hydrogen-bond acceptors (Lipinski definition) is 3. The van der Waals surface area contributed by atoms with Crippen molar-refractivity contribution in [1.29, 1.82) is 0 Å². The minimum Gasteiger partial charge on any atom is -0.490 e. The first-order valence-electron chi connectivity index (χ1n) is 7.80. The molecule has 0 heterocycles. The lowest BCUT2D eigenvalue weighted by molar-refractivity contribution is 0.303. The van der Waals surface area contributed by atoms with Crippen LogP contribution in [0.15, 0.2) is 24.3 Å². The van der Waals surface area contributed by atoms with Gasteiger partial charge in [0.25, 0.3) is 0 Å². The molecule has 0 saturated heterocycles. The van der Waals surface area contributed by atoms with E-state index >= 15 is 0 Å². The summed E-state index contributed by atoms with van der Waals surface area (Å²) in [4.78, 5) is 0. The zero-order chi connectivity index (χ0) is 14.4. The van der Waals surface area contributed by atoms with Gasteiger partial charge in [-0.2, -0.15) is 11.8 Å². The van der Waals surface area contributed by atoms with Gasteiger partial charge in [0.1, 0.15) is 5.75 Å². The summed E-state index contributed by atoms with van der Waals surface area (Å²) in [5.74, 6) is 2.14. The Morgan fingerprint density at radius 3 is 2.50 bits per heavy atom. The Labute approximate surface area is 127 Å². The van der Waals surface area contributed by atoms with Crippen molar-refractivity contribution < 1.29 is 4.74 Å². The second-order valence-corrected chi connectivity index (χ2v) is 7.38. The largest absolute Gasteiger partial charge is 0.490 e. The van der Waals surface area contributed by atoms with Crippen LogP contribution in [0.3, 0.4) is 0 Å². The molecule has 1 aliphatic rings. The third kappa shape index (κ3) is 5.37.